The summed E-state index contributed by atoms with van der Waals surface area (Å²) in [7, 11) is -3.29. The van der Waals surface area contributed by atoms with Crippen LogP contribution in [0.25, 0.3) is 16.9 Å². The lowest BCUT2D eigenvalue weighted by Gasteiger charge is -2.10. The number of hydrogen-bond donors (Lipinski definition) is 0. The van der Waals surface area contributed by atoms with E-state index in [1.165, 1.54) is 0 Å². The smallest absolute Gasteiger partial charge is 0.358 e. The molecule has 0 amide bonds. The fourth-order valence-corrected chi connectivity index (χ4v) is 3.60. The predicted octanol–water partition coefficient (Wildman–Crippen LogP) is 4.19. The number of aryl methyl sites for hydroxylation is 1. The first-order valence-corrected chi connectivity index (χ1v) is 11.2. The first-order valence-electron chi connectivity index (χ1n) is 8.55. The van der Waals surface area contributed by atoms with Gasteiger partial charge in [0.2, 0.25) is 0 Å². The van der Waals surface area contributed by atoms with Crippen LogP contribution in [0.4, 0.5) is 0 Å². The average molecular weight is 463 g/mol. The highest BCUT2D eigenvalue weighted by Gasteiger charge is 2.18. The number of hydrogen-bond acceptors (Lipinski definition) is 5. The van der Waals surface area contributed by atoms with Gasteiger partial charge in [-0.05, 0) is 55.8 Å². The van der Waals surface area contributed by atoms with Crippen LogP contribution in [0.2, 0.25) is 0 Å². The molecule has 0 aliphatic carbocycles. The topological polar surface area (TPSA) is 78.3 Å². The zero-order chi connectivity index (χ0) is 20.5. The van der Waals surface area contributed by atoms with Crippen molar-refractivity contribution in [3.8, 4) is 16.9 Å². The van der Waals surface area contributed by atoms with Crippen molar-refractivity contribution in [1.29, 1.82) is 0 Å². The fraction of sp³-hybridized carbons (Fsp3) is 0.200. The number of halogens is 1. The highest BCUT2D eigenvalue weighted by Crippen LogP contribution is 2.27. The minimum Gasteiger partial charge on any atom is -0.461 e. The standard InChI is InChI=1S/C20H19BrN2O4S/c1-4-27-20(24)18-12-19(14-5-8-16(9-6-14)28(3,25)26)23(22-18)15-7-10-17(21)13(2)11-15/h5-12H,4H2,1-3H3. The Bertz CT molecular complexity index is 1140. The summed E-state index contributed by atoms with van der Waals surface area (Å²) in [5, 5.41) is 4.43. The summed E-state index contributed by atoms with van der Waals surface area (Å²) in [6, 6.07) is 13.9. The van der Waals surface area contributed by atoms with E-state index in [4.69, 9.17) is 4.74 Å². The second kappa shape index (κ2) is 7.89. The van der Waals surface area contributed by atoms with E-state index in [0.717, 1.165) is 27.5 Å². The second-order valence-corrected chi connectivity index (χ2v) is 9.15. The summed E-state index contributed by atoms with van der Waals surface area (Å²) in [4.78, 5) is 12.4. The van der Waals surface area contributed by atoms with Crippen LogP contribution in [-0.4, -0.2) is 37.0 Å². The van der Waals surface area contributed by atoms with E-state index in [-0.39, 0.29) is 17.2 Å². The van der Waals surface area contributed by atoms with Crippen LogP contribution in [0.5, 0.6) is 0 Å². The third-order valence-electron chi connectivity index (χ3n) is 4.16. The molecule has 0 aliphatic rings. The van der Waals surface area contributed by atoms with Crippen molar-refractivity contribution >= 4 is 31.7 Å². The number of rotatable bonds is 5. The molecule has 0 saturated carbocycles. The molecule has 0 N–H and O–H groups in total. The number of esters is 1. The molecule has 2 aromatic carbocycles. The highest BCUT2D eigenvalue weighted by molar-refractivity contribution is 9.10. The first kappa shape index (κ1) is 20.3. The van der Waals surface area contributed by atoms with Gasteiger partial charge in [0.25, 0.3) is 0 Å². The SMILES string of the molecule is CCOC(=O)c1cc(-c2ccc(S(C)(=O)=O)cc2)n(-c2ccc(Br)c(C)c2)n1. The van der Waals surface area contributed by atoms with Crippen molar-refractivity contribution in [1.82, 2.24) is 9.78 Å². The van der Waals surface area contributed by atoms with Gasteiger partial charge in [0.1, 0.15) is 0 Å². The second-order valence-electron chi connectivity index (χ2n) is 6.28. The van der Waals surface area contributed by atoms with Crippen LogP contribution in [0.3, 0.4) is 0 Å². The van der Waals surface area contributed by atoms with Gasteiger partial charge in [0.05, 0.1) is 22.9 Å². The summed E-state index contributed by atoms with van der Waals surface area (Å²) in [6.45, 7) is 3.95. The molecule has 6 nitrogen and oxygen atoms in total. The molecule has 0 fully saturated rings. The Hall–Kier alpha value is -2.45. The molecule has 0 radical (unpaired) electrons. The van der Waals surface area contributed by atoms with Crippen molar-refractivity contribution in [2.75, 3.05) is 12.9 Å². The normalized spacial score (nSPS) is 11.4. The largest absolute Gasteiger partial charge is 0.461 e. The van der Waals surface area contributed by atoms with Crippen LogP contribution in [-0.2, 0) is 14.6 Å². The van der Waals surface area contributed by atoms with E-state index in [1.54, 1.807) is 41.9 Å². The summed E-state index contributed by atoms with van der Waals surface area (Å²) in [6.07, 6.45) is 1.16. The fourth-order valence-electron chi connectivity index (χ4n) is 2.72. The molecule has 0 unspecified atom stereocenters. The van der Waals surface area contributed by atoms with Gasteiger partial charge in [-0.25, -0.2) is 17.9 Å². The molecule has 0 aliphatic heterocycles. The summed E-state index contributed by atoms with van der Waals surface area (Å²) in [5.74, 6) is -0.510. The molecule has 3 rings (SSSR count). The van der Waals surface area contributed by atoms with Crippen LogP contribution < -0.4 is 0 Å². The Labute approximate surface area is 172 Å². The van der Waals surface area contributed by atoms with Gasteiger partial charge in [0.15, 0.2) is 15.5 Å². The lowest BCUT2D eigenvalue weighted by Crippen LogP contribution is -2.07. The molecule has 0 bridgehead atoms. The highest BCUT2D eigenvalue weighted by atomic mass is 79.9. The van der Waals surface area contributed by atoms with Gasteiger partial charge in [0, 0.05) is 16.3 Å². The maximum atomic E-state index is 12.2. The van der Waals surface area contributed by atoms with Crippen LogP contribution in [0.1, 0.15) is 23.0 Å². The molecule has 0 atom stereocenters. The first-order chi connectivity index (χ1) is 13.2. The zero-order valence-corrected chi connectivity index (χ0v) is 18.0. The molecule has 28 heavy (non-hydrogen) atoms. The summed E-state index contributed by atoms with van der Waals surface area (Å²) in [5.41, 5.74) is 3.37. The van der Waals surface area contributed by atoms with Gasteiger partial charge in [-0.15, -0.1) is 0 Å². The van der Waals surface area contributed by atoms with Gasteiger partial charge < -0.3 is 4.74 Å². The van der Waals surface area contributed by atoms with Crippen LogP contribution >= 0.6 is 15.9 Å². The van der Waals surface area contributed by atoms with E-state index < -0.39 is 15.8 Å². The van der Waals surface area contributed by atoms with Crippen molar-refractivity contribution < 1.29 is 17.9 Å². The number of benzene rings is 2. The number of ether oxygens (including phenoxy) is 1. The van der Waals surface area contributed by atoms with Gasteiger partial charge in [-0.2, -0.15) is 5.10 Å². The molecule has 3 aromatic rings. The quantitative estimate of drug-likeness (QED) is 0.531. The minimum absolute atomic E-state index is 0.185. The number of carbonyl (C=O) groups excluding carboxylic acids is 1. The average Bonchev–Trinajstić information content (AvgIpc) is 3.09. The van der Waals surface area contributed by atoms with E-state index in [2.05, 4.69) is 21.0 Å². The minimum atomic E-state index is -3.29. The maximum absolute atomic E-state index is 12.2. The van der Waals surface area contributed by atoms with Crippen molar-refractivity contribution in [2.45, 2.75) is 18.7 Å². The van der Waals surface area contributed by atoms with E-state index in [1.807, 2.05) is 25.1 Å². The van der Waals surface area contributed by atoms with Gasteiger partial charge in [-0.1, -0.05) is 28.1 Å². The molecule has 0 spiro atoms. The Morgan fingerprint density at radius 2 is 1.82 bits per heavy atom. The number of nitrogens with zero attached hydrogens (tertiary/aromatic N) is 2. The van der Waals surface area contributed by atoms with Crippen molar-refractivity contribution in [2.24, 2.45) is 0 Å². The molecule has 1 aromatic heterocycles. The van der Waals surface area contributed by atoms with Crippen LogP contribution in [0, 0.1) is 6.92 Å². The molecular formula is C20H19BrN2O4S. The summed E-state index contributed by atoms with van der Waals surface area (Å²) < 4.78 is 31.1. The molecular weight excluding hydrogens is 444 g/mol. The Morgan fingerprint density at radius 3 is 2.39 bits per heavy atom. The molecule has 1 heterocycles. The predicted molar refractivity (Wildman–Crippen MR) is 111 cm³/mol. The summed E-state index contributed by atoms with van der Waals surface area (Å²) >= 11 is 3.48. The zero-order valence-electron chi connectivity index (χ0n) is 15.6. The van der Waals surface area contributed by atoms with Crippen molar-refractivity contribution in [3.63, 3.8) is 0 Å². The third kappa shape index (κ3) is 4.18. The van der Waals surface area contributed by atoms with Gasteiger partial charge >= 0.3 is 5.97 Å². The van der Waals surface area contributed by atoms with E-state index >= 15 is 0 Å². The monoisotopic (exact) mass is 462 g/mol. The lowest BCUT2D eigenvalue weighted by molar-refractivity contribution is 0.0519. The Kier molecular flexibility index (Phi) is 5.71. The Balaban J connectivity index is 2.15. The lowest BCUT2D eigenvalue weighted by atomic mass is 10.1. The number of aromatic nitrogens is 2. The number of carbonyl (C=O) groups is 1. The van der Waals surface area contributed by atoms with Crippen molar-refractivity contribution in [3.05, 3.63) is 64.3 Å². The van der Waals surface area contributed by atoms with Crippen LogP contribution in [0.15, 0.2) is 57.9 Å². The molecule has 8 heteroatoms. The molecule has 0 saturated heterocycles. The van der Waals surface area contributed by atoms with E-state index in [0.29, 0.717) is 5.69 Å². The van der Waals surface area contributed by atoms with Gasteiger partial charge in [-0.3, -0.25) is 0 Å². The molecule has 146 valence electrons. The van der Waals surface area contributed by atoms with E-state index in [9.17, 15) is 13.2 Å². The third-order valence-corrected chi connectivity index (χ3v) is 6.18. The maximum Gasteiger partial charge on any atom is 0.358 e. The Morgan fingerprint density at radius 1 is 1.14 bits per heavy atom. The number of sulfone groups is 1.